The monoisotopic (exact) mass is 538 g/mol. The van der Waals surface area contributed by atoms with Gasteiger partial charge in [-0.2, -0.15) is 0 Å². The maximum atomic E-state index is 13.0. The molecule has 0 bridgehead atoms. The van der Waals surface area contributed by atoms with Crippen LogP contribution in [0.5, 0.6) is 11.5 Å². The zero-order chi connectivity index (χ0) is 24.1. The predicted octanol–water partition coefficient (Wildman–Crippen LogP) is 3.74. The average Bonchev–Trinajstić information content (AvgIpc) is 3.01. The summed E-state index contributed by atoms with van der Waals surface area (Å²) in [5.41, 5.74) is 0.800. The standard InChI is InChI=1S/C21H16BrFN2O7S/c1-31-15-7-11(6-14(22)19(15)32-10-18(27)28)8-16-20(29)25(21(30)33-16)9-17(26)24-13-4-2-12(23)3-5-13/h2-8H,9-10H2,1H3,(H,24,26)(H,27,28)/b16-8-. The van der Waals surface area contributed by atoms with Gasteiger partial charge in [0, 0.05) is 5.69 Å². The SMILES string of the molecule is COc1cc(/C=C2\SC(=O)N(CC(=O)Nc3ccc(F)cc3)C2=O)cc(Br)c1OCC(=O)O. The van der Waals surface area contributed by atoms with Gasteiger partial charge in [0.2, 0.25) is 5.91 Å². The third-order valence-corrected chi connectivity index (χ3v) is 5.69. The third kappa shape index (κ3) is 6.11. The molecule has 1 fully saturated rings. The third-order valence-electron chi connectivity index (χ3n) is 4.19. The fourth-order valence-electron chi connectivity index (χ4n) is 2.76. The molecule has 1 saturated heterocycles. The minimum Gasteiger partial charge on any atom is -0.493 e. The lowest BCUT2D eigenvalue weighted by Gasteiger charge is -2.13. The maximum Gasteiger partial charge on any atom is 0.341 e. The molecule has 2 aromatic rings. The highest BCUT2D eigenvalue weighted by molar-refractivity contribution is 9.10. The van der Waals surface area contributed by atoms with E-state index in [9.17, 15) is 23.6 Å². The number of imide groups is 1. The van der Waals surface area contributed by atoms with Crippen LogP contribution in [-0.4, -0.2) is 53.3 Å². The van der Waals surface area contributed by atoms with E-state index in [0.29, 0.717) is 27.5 Å². The van der Waals surface area contributed by atoms with E-state index in [1.807, 2.05) is 0 Å². The van der Waals surface area contributed by atoms with Gasteiger partial charge in [-0.25, -0.2) is 9.18 Å². The Hall–Kier alpha value is -3.38. The molecule has 0 atom stereocenters. The lowest BCUT2D eigenvalue weighted by Crippen LogP contribution is -2.36. The number of ether oxygens (including phenoxy) is 2. The van der Waals surface area contributed by atoms with Gasteiger partial charge in [0.1, 0.15) is 12.4 Å². The molecule has 0 aromatic heterocycles. The number of rotatable bonds is 8. The Kier molecular flexibility index (Phi) is 7.71. The molecule has 9 nitrogen and oxygen atoms in total. The number of methoxy groups -OCH3 is 1. The van der Waals surface area contributed by atoms with Crippen molar-refractivity contribution in [3.63, 3.8) is 0 Å². The Morgan fingerprint density at radius 3 is 2.58 bits per heavy atom. The van der Waals surface area contributed by atoms with Crippen LogP contribution in [0, 0.1) is 5.82 Å². The quantitative estimate of drug-likeness (QED) is 0.487. The number of halogens is 2. The van der Waals surface area contributed by atoms with Gasteiger partial charge in [-0.05, 0) is 75.7 Å². The second-order valence-corrected chi connectivity index (χ2v) is 8.39. The van der Waals surface area contributed by atoms with Crippen molar-refractivity contribution in [2.24, 2.45) is 0 Å². The van der Waals surface area contributed by atoms with Crippen molar-refractivity contribution in [1.82, 2.24) is 4.90 Å². The highest BCUT2D eigenvalue weighted by Crippen LogP contribution is 2.39. The Labute approximate surface area is 199 Å². The van der Waals surface area contributed by atoms with Crippen molar-refractivity contribution < 1.29 is 38.1 Å². The first-order valence-electron chi connectivity index (χ1n) is 9.21. The number of carbonyl (C=O) groups is 4. The summed E-state index contributed by atoms with van der Waals surface area (Å²) in [6, 6.07) is 8.13. The topological polar surface area (TPSA) is 122 Å². The minimum absolute atomic E-state index is 0.0859. The normalized spacial score (nSPS) is 14.5. The number of carboxylic acids is 1. The average molecular weight is 539 g/mol. The molecule has 0 spiro atoms. The number of aliphatic carboxylic acids is 1. The van der Waals surface area contributed by atoms with Crippen molar-refractivity contribution >= 4 is 62.5 Å². The Morgan fingerprint density at radius 2 is 1.94 bits per heavy atom. The molecule has 0 unspecified atom stereocenters. The highest BCUT2D eigenvalue weighted by atomic mass is 79.9. The minimum atomic E-state index is -1.16. The number of carboxylic acid groups (broad SMARTS) is 1. The molecule has 33 heavy (non-hydrogen) atoms. The van der Waals surface area contributed by atoms with Crippen LogP contribution in [0.2, 0.25) is 0 Å². The number of hydrogen-bond donors (Lipinski definition) is 2. The Bertz CT molecular complexity index is 1150. The molecule has 1 heterocycles. The van der Waals surface area contributed by atoms with E-state index in [2.05, 4.69) is 21.2 Å². The second-order valence-electron chi connectivity index (χ2n) is 6.54. The van der Waals surface area contributed by atoms with Crippen LogP contribution in [0.1, 0.15) is 5.56 Å². The van der Waals surface area contributed by atoms with Crippen molar-refractivity contribution in [2.45, 2.75) is 0 Å². The summed E-state index contributed by atoms with van der Waals surface area (Å²) in [4.78, 5) is 48.9. The van der Waals surface area contributed by atoms with E-state index in [1.54, 1.807) is 6.07 Å². The molecule has 3 rings (SSSR count). The number of benzene rings is 2. The molecule has 0 aliphatic carbocycles. The van der Waals surface area contributed by atoms with Crippen LogP contribution in [0.4, 0.5) is 14.9 Å². The van der Waals surface area contributed by atoms with Crippen molar-refractivity contribution in [3.05, 3.63) is 57.2 Å². The lowest BCUT2D eigenvalue weighted by atomic mass is 10.2. The molecule has 1 aliphatic heterocycles. The molecule has 3 amide bonds. The molecule has 2 aromatic carbocycles. The lowest BCUT2D eigenvalue weighted by molar-refractivity contribution is -0.139. The first kappa shape index (κ1) is 24.3. The van der Waals surface area contributed by atoms with Gasteiger partial charge in [-0.15, -0.1) is 0 Å². The smallest absolute Gasteiger partial charge is 0.341 e. The molecule has 1 aliphatic rings. The molecular formula is C21H16BrFN2O7S. The van der Waals surface area contributed by atoms with E-state index in [0.717, 1.165) is 4.90 Å². The van der Waals surface area contributed by atoms with Crippen molar-refractivity contribution in [1.29, 1.82) is 0 Å². The van der Waals surface area contributed by atoms with E-state index in [4.69, 9.17) is 14.6 Å². The fraction of sp³-hybridized carbons (Fsp3) is 0.143. The summed E-state index contributed by atoms with van der Waals surface area (Å²) in [7, 11) is 1.37. The van der Waals surface area contributed by atoms with Crippen molar-refractivity contribution in [3.8, 4) is 11.5 Å². The largest absolute Gasteiger partial charge is 0.493 e. The predicted molar refractivity (Wildman–Crippen MR) is 122 cm³/mol. The number of nitrogens with one attached hydrogen (secondary N) is 1. The first-order valence-corrected chi connectivity index (χ1v) is 10.8. The van der Waals surface area contributed by atoms with Gasteiger partial charge in [0.05, 0.1) is 16.5 Å². The summed E-state index contributed by atoms with van der Waals surface area (Å²) in [5, 5.41) is 10.7. The van der Waals surface area contributed by atoms with Crippen LogP contribution in [-0.2, 0) is 14.4 Å². The van der Waals surface area contributed by atoms with Crippen LogP contribution >= 0.6 is 27.7 Å². The van der Waals surface area contributed by atoms with E-state index < -0.39 is 42.0 Å². The molecule has 2 N–H and O–H groups in total. The van der Waals surface area contributed by atoms with E-state index >= 15 is 0 Å². The molecule has 0 saturated carbocycles. The van der Waals surface area contributed by atoms with Crippen LogP contribution < -0.4 is 14.8 Å². The van der Waals surface area contributed by atoms with Gasteiger partial charge in [-0.1, -0.05) is 0 Å². The molecule has 12 heteroatoms. The van der Waals surface area contributed by atoms with Crippen LogP contribution in [0.15, 0.2) is 45.8 Å². The second kappa shape index (κ2) is 10.5. The van der Waals surface area contributed by atoms with Crippen molar-refractivity contribution in [2.75, 3.05) is 25.6 Å². The summed E-state index contributed by atoms with van der Waals surface area (Å²) < 4.78 is 23.8. The summed E-state index contributed by atoms with van der Waals surface area (Å²) in [6.45, 7) is -1.08. The summed E-state index contributed by atoms with van der Waals surface area (Å²) >= 11 is 3.94. The van der Waals surface area contributed by atoms with E-state index in [-0.39, 0.29) is 16.4 Å². The van der Waals surface area contributed by atoms with Crippen LogP contribution in [0.25, 0.3) is 6.08 Å². The molecule has 172 valence electrons. The fourth-order valence-corrected chi connectivity index (χ4v) is 4.17. The molecule has 0 radical (unpaired) electrons. The number of hydrogen-bond acceptors (Lipinski definition) is 7. The van der Waals surface area contributed by atoms with Gasteiger partial charge < -0.3 is 19.9 Å². The summed E-state index contributed by atoms with van der Waals surface area (Å²) in [6.07, 6.45) is 1.44. The highest BCUT2D eigenvalue weighted by Gasteiger charge is 2.36. The van der Waals surface area contributed by atoms with Gasteiger partial charge in [0.25, 0.3) is 11.1 Å². The Balaban J connectivity index is 1.74. The number of anilines is 1. The van der Waals surface area contributed by atoms with Gasteiger partial charge in [0.15, 0.2) is 18.1 Å². The van der Waals surface area contributed by atoms with Crippen LogP contribution in [0.3, 0.4) is 0 Å². The van der Waals surface area contributed by atoms with Gasteiger partial charge >= 0.3 is 5.97 Å². The van der Waals surface area contributed by atoms with Gasteiger partial charge in [-0.3, -0.25) is 19.3 Å². The zero-order valence-corrected chi connectivity index (χ0v) is 19.4. The number of thioether (sulfide) groups is 1. The zero-order valence-electron chi connectivity index (χ0n) is 17.0. The number of nitrogens with zero attached hydrogens (tertiary/aromatic N) is 1. The van der Waals surface area contributed by atoms with E-state index in [1.165, 1.54) is 43.5 Å². The summed E-state index contributed by atoms with van der Waals surface area (Å²) in [5.74, 6) is -2.51. The number of amides is 3. The molecular weight excluding hydrogens is 523 g/mol. The number of carbonyl (C=O) groups excluding carboxylic acids is 3. The Morgan fingerprint density at radius 1 is 1.24 bits per heavy atom. The maximum absolute atomic E-state index is 13.0. The first-order chi connectivity index (χ1) is 15.7.